The lowest BCUT2D eigenvalue weighted by Crippen LogP contribution is -2.52. The van der Waals surface area contributed by atoms with Gasteiger partial charge in [0.25, 0.3) is 0 Å². The van der Waals surface area contributed by atoms with Gasteiger partial charge in [-0.1, -0.05) is 13.3 Å². The van der Waals surface area contributed by atoms with Crippen molar-refractivity contribution in [3.05, 3.63) is 22.3 Å². The van der Waals surface area contributed by atoms with Crippen LogP contribution in [0.4, 0.5) is 5.82 Å². The van der Waals surface area contributed by atoms with Gasteiger partial charge in [-0.3, -0.25) is 4.90 Å². The van der Waals surface area contributed by atoms with Crippen LogP contribution in [0.15, 0.2) is 16.7 Å². The van der Waals surface area contributed by atoms with Crippen molar-refractivity contribution in [2.45, 2.75) is 32.7 Å². The summed E-state index contributed by atoms with van der Waals surface area (Å²) in [5, 5.41) is 0. The van der Waals surface area contributed by atoms with Gasteiger partial charge >= 0.3 is 0 Å². The third kappa shape index (κ3) is 3.51. The predicted molar refractivity (Wildman–Crippen MR) is 88.2 cm³/mol. The molecule has 0 amide bonds. The fourth-order valence-corrected chi connectivity index (χ4v) is 3.31. The maximum Gasteiger partial charge on any atom is 0.143 e. The minimum atomic E-state index is 0.538. The van der Waals surface area contributed by atoms with Crippen LogP contribution in [0.5, 0.6) is 0 Å². The van der Waals surface area contributed by atoms with Crippen molar-refractivity contribution in [2.75, 3.05) is 37.6 Å². The summed E-state index contributed by atoms with van der Waals surface area (Å²) < 4.78 is 1.12. The van der Waals surface area contributed by atoms with Crippen molar-refractivity contribution >= 4 is 21.7 Å². The third-order valence-electron chi connectivity index (χ3n) is 4.09. The Hall–Kier alpha value is -0.650. The fourth-order valence-electron chi connectivity index (χ4n) is 2.83. The monoisotopic (exact) mass is 340 g/mol. The molecule has 112 valence electrons. The van der Waals surface area contributed by atoms with E-state index in [0.29, 0.717) is 6.04 Å². The summed E-state index contributed by atoms with van der Waals surface area (Å²) in [6.45, 7) is 9.29. The number of pyridine rings is 1. The number of hydrogen-bond donors (Lipinski definition) is 1. The Bertz CT molecular complexity index is 430. The number of piperazine rings is 1. The van der Waals surface area contributed by atoms with Gasteiger partial charge in [-0.05, 0) is 40.9 Å². The van der Waals surface area contributed by atoms with Crippen LogP contribution >= 0.6 is 15.9 Å². The lowest BCUT2D eigenvalue weighted by molar-refractivity contribution is 0.179. The molecule has 1 aliphatic rings. The first-order valence-electron chi connectivity index (χ1n) is 7.47. The minimum Gasteiger partial charge on any atom is -0.353 e. The summed E-state index contributed by atoms with van der Waals surface area (Å²) in [5.41, 5.74) is 7.14. The number of halogens is 1. The SMILES string of the molecule is CCCC(CN)N1CCN(c2nccc(C)c2Br)CC1. The van der Waals surface area contributed by atoms with Crippen LogP contribution in [0.2, 0.25) is 0 Å². The Kier molecular flexibility index (Phi) is 5.81. The molecular formula is C15H25BrN4. The zero-order chi connectivity index (χ0) is 14.5. The van der Waals surface area contributed by atoms with E-state index in [2.05, 4.69) is 44.6 Å². The van der Waals surface area contributed by atoms with Gasteiger partial charge < -0.3 is 10.6 Å². The summed E-state index contributed by atoms with van der Waals surface area (Å²) in [7, 11) is 0. The molecule has 2 rings (SSSR count). The molecule has 1 aromatic heterocycles. The molecular weight excluding hydrogens is 316 g/mol. The molecule has 1 saturated heterocycles. The van der Waals surface area contributed by atoms with E-state index < -0.39 is 0 Å². The van der Waals surface area contributed by atoms with Crippen molar-refractivity contribution in [3.8, 4) is 0 Å². The second-order valence-electron chi connectivity index (χ2n) is 5.47. The molecule has 5 heteroatoms. The van der Waals surface area contributed by atoms with Crippen LogP contribution < -0.4 is 10.6 Å². The van der Waals surface area contributed by atoms with Crippen LogP contribution in [-0.2, 0) is 0 Å². The van der Waals surface area contributed by atoms with E-state index in [1.54, 1.807) is 0 Å². The quantitative estimate of drug-likeness (QED) is 0.893. The average molecular weight is 341 g/mol. The van der Waals surface area contributed by atoms with Crippen LogP contribution in [0, 0.1) is 6.92 Å². The van der Waals surface area contributed by atoms with Gasteiger partial charge in [-0.15, -0.1) is 0 Å². The molecule has 20 heavy (non-hydrogen) atoms. The molecule has 2 N–H and O–H groups in total. The van der Waals surface area contributed by atoms with Gasteiger partial charge in [0.1, 0.15) is 5.82 Å². The number of nitrogens with zero attached hydrogens (tertiary/aromatic N) is 3. The van der Waals surface area contributed by atoms with Gasteiger partial charge in [0.05, 0.1) is 4.47 Å². The van der Waals surface area contributed by atoms with Crippen LogP contribution in [0.1, 0.15) is 25.3 Å². The maximum atomic E-state index is 5.90. The number of aromatic nitrogens is 1. The van der Waals surface area contributed by atoms with Crippen molar-refractivity contribution in [1.82, 2.24) is 9.88 Å². The molecule has 0 spiro atoms. The Morgan fingerprint density at radius 3 is 2.65 bits per heavy atom. The molecule has 0 bridgehead atoms. The summed E-state index contributed by atoms with van der Waals surface area (Å²) in [6, 6.07) is 2.58. The molecule has 0 radical (unpaired) electrons. The molecule has 1 atom stereocenters. The molecule has 1 aliphatic heterocycles. The number of rotatable bonds is 5. The summed E-state index contributed by atoms with van der Waals surface area (Å²) in [5.74, 6) is 1.07. The number of hydrogen-bond acceptors (Lipinski definition) is 4. The molecule has 1 unspecified atom stereocenters. The normalized spacial score (nSPS) is 18.3. The van der Waals surface area contributed by atoms with Crippen molar-refractivity contribution < 1.29 is 0 Å². The number of anilines is 1. The molecule has 0 aromatic carbocycles. The summed E-state index contributed by atoms with van der Waals surface area (Å²) in [4.78, 5) is 9.42. The Morgan fingerprint density at radius 1 is 1.35 bits per heavy atom. The Balaban J connectivity index is 1.99. The first-order chi connectivity index (χ1) is 9.67. The van der Waals surface area contributed by atoms with Gasteiger partial charge in [0, 0.05) is 45.0 Å². The smallest absolute Gasteiger partial charge is 0.143 e. The Morgan fingerprint density at radius 2 is 2.05 bits per heavy atom. The van der Waals surface area contributed by atoms with Gasteiger partial charge in [0.2, 0.25) is 0 Å². The molecule has 0 saturated carbocycles. The van der Waals surface area contributed by atoms with Crippen molar-refractivity contribution in [1.29, 1.82) is 0 Å². The third-order valence-corrected chi connectivity index (χ3v) is 5.07. The van der Waals surface area contributed by atoms with Crippen LogP contribution in [0.3, 0.4) is 0 Å². The Labute approximate surface area is 130 Å². The topological polar surface area (TPSA) is 45.4 Å². The molecule has 2 heterocycles. The molecule has 1 aromatic rings. The van der Waals surface area contributed by atoms with Gasteiger partial charge in [-0.2, -0.15) is 0 Å². The first kappa shape index (κ1) is 15.7. The van der Waals surface area contributed by atoms with Crippen molar-refractivity contribution in [2.24, 2.45) is 5.73 Å². The van der Waals surface area contributed by atoms with Gasteiger partial charge in [0.15, 0.2) is 0 Å². The zero-order valence-electron chi connectivity index (χ0n) is 12.5. The van der Waals surface area contributed by atoms with E-state index in [4.69, 9.17) is 5.73 Å². The molecule has 4 nitrogen and oxygen atoms in total. The highest BCUT2D eigenvalue weighted by atomic mass is 79.9. The van der Waals surface area contributed by atoms with Crippen molar-refractivity contribution in [3.63, 3.8) is 0 Å². The van der Waals surface area contributed by atoms with E-state index in [1.165, 1.54) is 18.4 Å². The lowest BCUT2D eigenvalue weighted by Gasteiger charge is -2.39. The highest BCUT2D eigenvalue weighted by molar-refractivity contribution is 9.10. The molecule has 0 aliphatic carbocycles. The van der Waals surface area contributed by atoms with E-state index in [1.807, 2.05) is 12.3 Å². The summed E-state index contributed by atoms with van der Waals surface area (Å²) >= 11 is 3.66. The second kappa shape index (κ2) is 7.38. The highest BCUT2D eigenvalue weighted by Gasteiger charge is 2.24. The first-order valence-corrected chi connectivity index (χ1v) is 8.26. The lowest BCUT2D eigenvalue weighted by atomic mass is 10.1. The minimum absolute atomic E-state index is 0.538. The predicted octanol–water partition coefficient (Wildman–Crippen LogP) is 2.40. The van der Waals surface area contributed by atoms with E-state index >= 15 is 0 Å². The van der Waals surface area contributed by atoms with E-state index in [-0.39, 0.29) is 0 Å². The highest BCUT2D eigenvalue weighted by Crippen LogP contribution is 2.27. The van der Waals surface area contributed by atoms with E-state index in [9.17, 15) is 0 Å². The largest absolute Gasteiger partial charge is 0.353 e. The average Bonchev–Trinajstić information content (AvgIpc) is 2.48. The van der Waals surface area contributed by atoms with E-state index in [0.717, 1.165) is 43.0 Å². The number of nitrogens with two attached hydrogens (primary N) is 1. The zero-order valence-corrected chi connectivity index (χ0v) is 14.1. The second-order valence-corrected chi connectivity index (χ2v) is 6.26. The fraction of sp³-hybridized carbons (Fsp3) is 0.667. The van der Waals surface area contributed by atoms with Crippen LogP contribution in [0.25, 0.3) is 0 Å². The van der Waals surface area contributed by atoms with Crippen LogP contribution in [-0.4, -0.2) is 48.6 Å². The maximum absolute atomic E-state index is 5.90. The standard InChI is InChI=1S/C15H25BrN4/c1-3-4-13(11-17)19-7-9-20(10-8-19)15-14(16)12(2)5-6-18-15/h5-6,13H,3-4,7-11,17H2,1-2H3. The number of aryl methyl sites for hydroxylation is 1. The molecule has 1 fully saturated rings. The summed E-state index contributed by atoms with van der Waals surface area (Å²) in [6.07, 6.45) is 4.29. The van der Waals surface area contributed by atoms with Gasteiger partial charge in [-0.25, -0.2) is 4.98 Å².